The first-order valence-corrected chi connectivity index (χ1v) is 12.3. The van der Waals surface area contributed by atoms with Crippen LogP contribution in [0.3, 0.4) is 0 Å². The van der Waals surface area contributed by atoms with E-state index in [0.717, 1.165) is 22.6 Å². The Morgan fingerprint density at radius 1 is 1.05 bits per heavy atom. The monoisotopic (exact) mass is 515 g/mol. The molecule has 0 radical (unpaired) electrons. The van der Waals surface area contributed by atoms with Crippen LogP contribution in [0.4, 0.5) is 9.52 Å². The van der Waals surface area contributed by atoms with E-state index in [4.69, 9.17) is 0 Å². The summed E-state index contributed by atoms with van der Waals surface area (Å²) in [6, 6.07) is 19.0. The van der Waals surface area contributed by atoms with Crippen LogP contribution < -0.4 is 5.32 Å². The molecule has 0 saturated carbocycles. The number of nitrogens with zero attached hydrogens (tertiary/aromatic N) is 4. The first-order valence-electron chi connectivity index (χ1n) is 11.4. The number of fused-ring (bicyclic) bond motifs is 1. The van der Waals surface area contributed by atoms with E-state index < -0.39 is 17.2 Å². The summed E-state index contributed by atoms with van der Waals surface area (Å²) in [4.78, 5) is 25.2. The van der Waals surface area contributed by atoms with Crippen LogP contribution in [0.1, 0.15) is 41.3 Å². The van der Waals surface area contributed by atoms with Crippen molar-refractivity contribution in [3.05, 3.63) is 101 Å². The molecule has 0 aliphatic rings. The summed E-state index contributed by atoms with van der Waals surface area (Å²) < 4.78 is 15.2. The highest BCUT2D eigenvalue weighted by molar-refractivity contribution is 7.13. The summed E-state index contributed by atoms with van der Waals surface area (Å²) in [5.74, 6) is -2.41. The van der Waals surface area contributed by atoms with Gasteiger partial charge < -0.3 is 10.4 Å². The summed E-state index contributed by atoms with van der Waals surface area (Å²) in [6.07, 6.45) is 1.63. The Hall–Kier alpha value is -4.44. The molecule has 5 aromatic rings. The third-order valence-electron chi connectivity index (χ3n) is 6.36. The number of rotatable bonds is 7. The summed E-state index contributed by atoms with van der Waals surface area (Å²) in [6.45, 7) is 3.76. The molecule has 1 amide bonds. The minimum absolute atomic E-state index is 0.189. The third-order valence-corrected chi connectivity index (χ3v) is 6.97. The number of carboxylic acid groups (broad SMARTS) is 1. The molecule has 0 aliphatic heterocycles. The fraction of sp³-hybridized carbons (Fsp3) is 0.148. The number of hydrogen-bond acceptors (Lipinski definition) is 6. The predicted octanol–water partition coefficient (Wildman–Crippen LogP) is 5.51. The van der Waals surface area contributed by atoms with E-state index in [2.05, 4.69) is 20.6 Å². The van der Waals surface area contributed by atoms with Crippen LogP contribution in [-0.2, 0) is 4.79 Å². The van der Waals surface area contributed by atoms with Crippen molar-refractivity contribution in [1.82, 2.24) is 20.0 Å². The molecule has 2 N–H and O–H groups in total. The quantitative estimate of drug-likeness (QED) is 0.296. The van der Waals surface area contributed by atoms with E-state index in [0.29, 0.717) is 10.6 Å². The molecule has 0 saturated heterocycles. The Labute approximate surface area is 215 Å². The van der Waals surface area contributed by atoms with Crippen LogP contribution in [0, 0.1) is 11.2 Å². The fourth-order valence-electron chi connectivity index (χ4n) is 4.58. The van der Waals surface area contributed by atoms with E-state index in [9.17, 15) is 19.1 Å². The Kier molecular flexibility index (Phi) is 6.26. The predicted molar refractivity (Wildman–Crippen MR) is 139 cm³/mol. The Morgan fingerprint density at radius 3 is 2.54 bits per heavy atom. The van der Waals surface area contributed by atoms with E-state index in [-0.39, 0.29) is 23.1 Å². The van der Waals surface area contributed by atoms with Crippen LogP contribution in [0.15, 0.2) is 78.4 Å². The number of anilines is 1. The van der Waals surface area contributed by atoms with Gasteiger partial charge in [-0.25, -0.2) is 13.9 Å². The van der Waals surface area contributed by atoms with Gasteiger partial charge in [0.15, 0.2) is 0 Å². The maximum atomic E-state index is 13.7. The summed E-state index contributed by atoms with van der Waals surface area (Å²) in [5, 5.41) is 25.7. The van der Waals surface area contributed by atoms with Gasteiger partial charge in [-0.2, -0.15) is 5.10 Å². The van der Waals surface area contributed by atoms with E-state index in [1.54, 1.807) is 11.7 Å². The lowest BCUT2D eigenvalue weighted by Crippen LogP contribution is -2.37. The van der Waals surface area contributed by atoms with Crippen LogP contribution in [0.25, 0.3) is 16.6 Å². The number of carbonyl (C=O) groups excluding carboxylic acids is 1. The van der Waals surface area contributed by atoms with Crippen LogP contribution >= 0.6 is 11.3 Å². The molecule has 0 bridgehead atoms. The SMILES string of the molecule is CC(C)(C(=O)Nc1nncs1)[C@@H](c1ccccc1)c1ccc2c(cnn2-c2ccc(F)cc2C(=O)O)c1. The third kappa shape index (κ3) is 4.58. The number of nitrogens with one attached hydrogen (secondary N) is 1. The number of carbonyl (C=O) groups is 2. The van der Waals surface area contributed by atoms with Gasteiger partial charge >= 0.3 is 5.97 Å². The Balaban J connectivity index is 1.59. The topological polar surface area (TPSA) is 110 Å². The molecule has 0 unspecified atom stereocenters. The summed E-state index contributed by atoms with van der Waals surface area (Å²) >= 11 is 1.25. The van der Waals surface area contributed by atoms with Gasteiger partial charge in [0, 0.05) is 11.3 Å². The van der Waals surface area contributed by atoms with Crippen molar-refractivity contribution in [1.29, 1.82) is 0 Å². The van der Waals surface area contributed by atoms with Crippen LogP contribution in [0.2, 0.25) is 0 Å². The number of benzene rings is 3. The van der Waals surface area contributed by atoms with E-state index in [1.165, 1.54) is 28.2 Å². The molecule has 8 nitrogen and oxygen atoms in total. The second kappa shape index (κ2) is 9.55. The largest absolute Gasteiger partial charge is 0.478 e. The number of amides is 1. The molecule has 10 heteroatoms. The molecular formula is C27H22FN5O3S. The minimum atomic E-state index is -1.25. The average molecular weight is 516 g/mol. The standard InChI is InChI=1S/C27H22FN5O3S/c1-27(2,25(36)31-26-32-29-15-37-26)23(16-6-4-3-5-7-16)17-8-10-21-18(12-17)14-30-33(21)22-11-9-19(28)13-20(22)24(34)35/h3-15,23H,1-2H3,(H,34,35)(H,31,32,36)/t23-/m0/s1. The van der Waals surface area contributed by atoms with Crippen molar-refractivity contribution in [3.63, 3.8) is 0 Å². The summed E-state index contributed by atoms with van der Waals surface area (Å²) in [7, 11) is 0. The second-order valence-corrected chi connectivity index (χ2v) is 9.94. The van der Waals surface area contributed by atoms with Gasteiger partial charge in [-0.1, -0.05) is 61.6 Å². The second-order valence-electron chi connectivity index (χ2n) is 9.10. The van der Waals surface area contributed by atoms with E-state index >= 15 is 0 Å². The zero-order valence-corrected chi connectivity index (χ0v) is 20.7. The normalized spacial score (nSPS) is 12.4. The molecule has 0 fully saturated rings. The van der Waals surface area contributed by atoms with Gasteiger partial charge in [0.25, 0.3) is 0 Å². The van der Waals surface area contributed by atoms with Gasteiger partial charge in [0.1, 0.15) is 11.3 Å². The number of halogens is 1. The number of hydrogen-bond donors (Lipinski definition) is 2. The molecule has 2 aromatic heterocycles. The molecule has 186 valence electrons. The zero-order valence-electron chi connectivity index (χ0n) is 19.9. The maximum absolute atomic E-state index is 13.7. The molecule has 1 atom stereocenters. The number of carboxylic acids is 1. The van der Waals surface area contributed by atoms with Gasteiger partial charge in [0.2, 0.25) is 11.0 Å². The van der Waals surface area contributed by atoms with E-state index in [1.807, 2.05) is 62.4 Å². The van der Waals surface area contributed by atoms with Gasteiger partial charge in [-0.05, 0) is 41.5 Å². The maximum Gasteiger partial charge on any atom is 0.338 e. The van der Waals surface area contributed by atoms with Crippen molar-refractivity contribution in [2.75, 3.05) is 5.32 Å². The van der Waals surface area contributed by atoms with Crippen LogP contribution in [-0.4, -0.2) is 37.0 Å². The van der Waals surface area contributed by atoms with Crippen molar-refractivity contribution in [3.8, 4) is 5.69 Å². The van der Waals surface area contributed by atoms with Gasteiger partial charge in [-0.3, -0.25) is 4.79 Å². The van der Waals surface area contributed by atoms with Crippen molar-refractivity contribution in [2.45, 2.75) is 19.8 Å². The lowest BCUT2D eigenvalue weighted by atomic mass is 9.70. The van der Waals surface area contributed by atoms with Gasteiger partial charge in [0.05, 0.1) is 28.4 Å². The number of aromatic nitrogens is 4. The smallest absolute Gasteiger partial charge is 0.338 e. The highest BCUT2D eigenvalue weighted by Crippen LogP contribution is 2.42. The Bertz CT molecular complexity index is 1600. The number of aromatic carboxylic acids is 1. The average Bonchev–Trinajstić information content (AvgIpc) is 3.54. The molecule has 5 rings (SSSR count). The van der Waals surface area contributed by atoms with Crippen molar-refractivity contribution < 1.29 is 19.1 Å². The first-order chi connectivity index (χ1) is 17.8. The molecule has 3 aromatic carbocycles. The molecule has 2 heterocycles. The van der Waals surface area contributed by atoms with Crippen molar-refractivity contribution in [2.24, 2.45) is 5.41 Å². The molecular weight excluding hydrogens is 493 g/mol. The molecule has 0 spiro atoms. The van der Waals surface area contributed by atoms with Crippen LogP contribution in [0.5, 0.6) is 0 Å². The fourth-order valence-corrected chi connectivity index (χ4v) is 5.02. The lowest BCUT2D eigenvalue weighted by molar-refractivity contribution is -0.124. The highest BCUT2D eigenvalue weighted by atomic mass is 32.1. The minimum Gasteiger partial charge on any atom is -0.478 e. The molecule has 0 aliphatic carbocycles. The summed E-state index contributed by atoms with van der Waals surface area (Å²) in [5.41, 5.74) is 3.23. The first kappa shape index (κ1) is 24.3. The Morgan fingerprint density at radius 2 is 1.84 bits per heavy atom. The zero-order chi connectivity index (χ0) is 26.2. The van der Waals surface area contributed by atoms with Gasteiger partial charge in [-0.15, -0.1) is 10.2 Å². The highest BCUT2D eigenvalue weighted by Gasteiger charge is 2.39. The molecule has 37 heavy (non-hydrogen) atoms. The van der Waals surface area contributed by atoms with Crippen molar-refractivity contribution >= 4 is 39.2 Å². The lowest BCUT2D eigenvalue weighted by Gasteiger charge is -2.33.